The Kier molecular flexibility index (Phi) is 4.97. The van der Waals surface area contributed by atoms with Gasteiger partial charge in [0.25, 0.3) is 0 Å². The van der Waals surface area contributed by atoms with E-state index in [1.54, 1.807) is 0 Å². The van der Waals surface area contributed by atoms with Gasteiger partial charge in [-0.05, 0) is 38.2 Å². The number of carbonyl (C=O) groups is 3. The minimum absolute atomic E-state index is 0.104. The Morgan fingerprint density at radius 3 is 2.62 bits per heavy atom. The van der Waals surface area contributed by atoms with Crippen molar-refractivity contribution in [3.8, 4) is 0 Å². The molecule has 2 saturated heterocycles. The van der Waals surface area contributed by atoms with Gasteiger partial charge in [0.2, 0.25) is 17.7 Å². The van der Waals surface area contributed by atoms with Gasteiger partial charge in [-0.3, -0.25) is 19.3 Å². The normalized spacial score (nSPS) is 24.5. The highest BCUT2D eigenvalue weighted by atomic mass is 16.2. The summed E-state index contributed by atoms with van der Waals surface area (Å²) in [6.07, 6.45) is 3.87. The van der Waals surface area contributed by atoms with Gasteiger partial charge in [-0.15, -0.1) is 0 Å². The Balaban J connectivity index is 1.62. The van der Waals surface area contributed by atoms with Crippen molar-refractivity contribution in [3.05, 3.63) is 35.9 Å². The third kappa shape index (κ3) is 3.50. The minimum atomic E-state index is -0.341. The van der Waals surface area contributed by atoms with Crippen LogP contribution < -0.4 is 0 Å². The van der Waals surface area contributed by atoms with Crippen molar-refractivity contribution in [1.29, 1.82) is 0 Å². The summed E-state index contributed by atoms with van der Waals surface area (Å²) in [5.41, 5.74) is 1.04. The first-order valence-corrected chi connectivity index (χ1v) is 8.74. The van der Waals surface area contributed by atoms with Crippen molar-refractivity contribution >= 4 is 17.7 Å². The van der Waals surface area contributed by atoms with Crippen molar-refractivity contribution in [3.63, 3.8) is 0 Å². The number of likely N-dealkylation sites (tertiary alicyclic amines) is 2. The summed E-state index contributed by atoms with van der Waals surface area (Å²) in [5, 5.41) is 0. The van der Waals surface area contributed by atoms with Crippen molar-refractivity contribution in [1.82, 2.24) is 9.80 Å². The molecule has 3 rings (SSSR count). The van der Waals surface area contributed by atoms with Crippen molar-refractivity contribution in [2.24, 2.45) is 5.92 Å². The Bertz CT molecular complexity index is 629. The van der Waals surface area contributed by atoms with Crippen LogP contribution in [-0.4, -0.2) is 46.7 Å². The number of benzene rings is 1. The Hall–Kier alpha value is -2.17. The van der Waals surface area contributed by atoms with Crippen LogP contribution in [0.2, 0.25) is 0 Å². The predicted octanol–water partition coefficient (Wildman–Crippen LogP) is 2.01. The number of imide groups is 1. The lowest BCUT2D eigenvalue weighted by atomic mass is 9.98. The lowest BCUT2D eigenvalue weighted by molar-refractivity contribution is -0.147. The van der Waals surface area contributed by atoms with Gasteiger partial charge in [-0.25, -0.2) is 0 Å². The fourth-order valence-corrected chi connectivity index (χ4v) is 3.67. The van der Waals surface area contributed by atoms with Crippen molar-refractivity contribution in [2.45, 2.75) is 45.1 Å². The smallest absolute Gasteiger partial charge is 0.242 e. The maximum absolute atomic E-state index is 12.6. The van der Waals surface area contributed by atoms with Crippen LogP contribution >= 0.6 is 0 Å². The Labute approximate surface area is 142 Å². The molecule has 2 unspecified atom stereocenters. The summed E-state index contributed by atoms with van der Waals surface area (Å²) in [6.45, 7) is 2.65. The van der Waals surface area contributed by atoms with Gasteiger partial charge in [0, 0.05) is 19.0 Å². The zero-order chi connectivity index (χ0) is 17.1. The predicted molar refractivity (Wildman–Crippen MR) is 90.0 cm³/mol. The number of piperidine rings is 1. The number of carbonyl (C=O) groups excluding carboxylic acids is 3. The SMILES string of the molecule is CC1CCCCN1C(=O)CN1C(=O)CC(Cc2ccccc2)C1=O. The molecule has 1 aromatic rings. The first kappa shape index (κ1) is 16.7. The summed E-state index contributed by atoms with van der Waals surface area (Å²) < 4.78 is 0. The van der Waals surface area contributed by atoms with Gasteiger partial charge in [0.1, 0.15) is 6.54 Å². The summed E-state index contributed by atoms with van der Waals surface area (Å²) in [5.74, 6) is -0.878. The van der Waals surface area contributed by atoms with Crippen LogP contribution in [0.1, 0.15) is 38.2 Å². The molecule has 2 fully saturated rings. The summed E-state index contributed by atoms with van der Waals surface area (Å²) in [7, 11) is 0. The van der Waals surface area contributed by atoms with E-state index >= 15 is 0 Å². The quantitative estimate of drug-likeness (QED) is 0.795. The summed E-state index contributed by atoms with van der Waals surface area (Å²) >= 11 is 0. The van der Waals surface area contributed by atoms with Gasteiger partial charge in [0.05, 0.1) is 5.92 Å². The maximum atomic E-state index is 12.6. The van der Waals surface area contributed by atoms with Crippen LogP contribution in [0.4, 0.5) is 0 Å². The Morgan fingerprint density at radius 1 is 1.17 bits per heavy atom. The molecule has 2 aliphatic rings. The van der Waals surface area contributed by atoms with Crippen LogP contribution in [0.5, 0.6) is 0 Å². The second-order valence-corrected chi connectivity index (χ2v) is 6.84. The fraction of sp³-hybridized carbons (Fsp3) is 0.526. The van der Waals surface area contributed by atoms with Crippen LogP contribution in [0, 0.1) is 5.92 Å². The van der Waals surface area contributed by atoms with E-state index in [0.29, 0.717) is 6.42 Å². The standard InChI is InChI=1S/C19H24N2O3/c1-14-7-5-6-10-20(14)18(23)13-21-17(22)12-16(19(21)24)11-15-8-3-2-4-9-15/h2-4,8-9,14,16H,5-7,10-13H2,1H3. The topological polar surface area (TPSA) is 57.7 Å². The molecule has 5 nitrogen and oxygen atoms in total. The van der Waals surface area contributed by atoms with E-state index < -0.39 is 0 Å². The van der Waals surface area contributed by atoms with Crippen LogP contribution in [0.25, 0.3) is 0 Å². The van der Waals surface area contributed by atoms with Crippen molar-refractivity contribution < 1.29 is 14.4 Å². The average molecular weight is 328 g/mol. The highest BCUT2D eigenvalue weighted by Crippen LogP contribution is 2.24. The number of nitrogens with zero attached hydrogens (tertiary/aromatic N) is 2. The number of rotatable bonds is 4. The van der Waals surface area contributed by atoms with E-state index in [4.69, 9.17) is 0 Å². The molecule has 0 aliphatic carbocycles. The molecule has 2 atom stereocenters. The van der Waals surface area contributed by atoms with Crippen molar-refractivity contribution in [2.75, 3.05) is 13.1 Å². The van der Waals surface area contributed by atoms with Gasteiger partial charge in [0.15, 0.2) is 0 Å². The molecule has 2 heterocycles. The molecule has 0 spiro atoms. The van der Waals surface area contributed by atoms with E-state index in [2.05, 4.69) is 0 Å². The molecular formula is C19H24N2O3. The zero-order valence-corrected chi connectivity index (χ0v) is 14.1. The number of hydrogen-bond donors (Lipinski definition) is 0. The molecule has 128 valence electrons. The Morgan fingerprint density at radius 2 is 1.92 bits per heavy atom. The molecule has 3 amide bonds. The van der Waals surface area contributed by atoms with Crippen LogP contribution in [0.15, 0.2) is 30.3 Å². The molecule has 24 heavy (non-hydrogen) atoms. The van der Waals surface area contributed by atoms with E-state index in [9.17, 15) is 14.4 Å². The van der Waals surface area contributed by atoms with E-state index in [0.717, 1.165) is 36.3 Å². The zero-order valence-electron chi connectivity index (χ0n) is 14.1. The fourth-order valence-electron chi connectivity index (χ4n) is 3.67. The molecular weight excluding hydrogens is 304 g/mol. The molecule has 5 heteroatoms. The number of hydrogen-bond acceptors (Lipinski definition) is 3. The monoisotopic (exact) mass is 328 g/mol. The summed E-state index contributed by atoms with van der Waals surface area (Å²) in [6, 6.07) is 9.89. The maximum Gasteiger partial charge on any atom is 0.242 e. The lowest BCUT2D eigenvalue weighted by Gasteiger charge is -2.34. The average Bonchev–Trinajstić information content (AvgIpc) is 2.83. The van der Waals surface area contributed by atoms with Gasteiger partial charge in [-0.2, -0.15) is 0 Å². The molecule has 0 saturated carbocycles. The molecule has 0 bridgehead atoms. The van der Waals surface area contributed by atoms with Gasteiger partial charge >= 0.3 is 0 Å². The molecule has 0 radical (unpaired) electrons. The van der Waals surface area contributed by atoms with Gasteiger partial charge in [-0.1, -0.05) is 30.3 Å². The highest BCUT2D eigenvalue weighted by molar-refractivity contribution is 6.06. The third-order valence-corrected chi connectivity index (χ3v) is 5.08. The summed E-state index contributed by atoms with van der Waals surface area (Å²) in [4.78, 5) is 40.3. The van der Waals surface area contributed by atoms with E-state index in [1.165, 1.54) is 0 Å². The second-order valence-electron chi connectivity index (χ2n) is 6.84. The molecule has 1 aromatic carbocycles. The highest BCUT2D eigenvalue weighted by Gasteiger charge is 2.40. The van der Waals surface area contributed by atoms with E-state index in [-0.39, 0.29) is 42.6 Å². The van der Waals surface area contributed by atoms with Crippen LogP contribution in [0.3, 0.4) is 0 Å². The first-order valence-electron chi connectivity index (χ1n) is 8.74. The largest absolute Gasteiger partial charge is 0.338 e. The van der Waals surface area contributed by atoms with E-state index in [1.807, 2.05) is 42.2 Å². The molecule has 0 aromatic heterocycles. The first-order chi connectivity index (χ1) is 11.6. The molecule has 2 aliphatic heterocycles. The van der Waals surface area contributed by atoms with Crippen LogP contribution in [-0.2, 0) is 20.8 Å². The molecule has 0 N–H and O–H groups in total. The minimum Gasteiger partial charge on any atom is -0.338 e. The number of amides is 3. The second kappa shape index (κ2) is 7.16. The van der Waals surface area contributed by atoms with Gasteiger partial charge < -0.3 is 4.90 Å². The third-order valence-electron chi connectivity index (χ3n) is 5.08. The lowest BCUT2D eigenvalue weighted by Crippen LogP contribution is -2.48.